The Balaban J connectivity index is 1.81. The first kappa shape index (κ1) is 10.7. The summed E-state index contributed by atoms with van der Waals surface area (Å²) in [7, 11) is 0. The van der Waals surface area contributed by atoms with Crippen LogP contribution < -0.4 is 5.32 Å². The van der Waals surface area contributed by atoms with E-state index in [-0.39, 0.29) is 5.91 Å². The second kappa shape index (κ2) is 4.41. The normalized spacial score (nSPS) is 10.7. The standard InChI is InChI=1S/C14H12N2O2/c17-14(16-8-10-5-7-18-9-10)12-2-1-3-13-11(12)4-6-15-13/h1-7,9,15H,8H2,(H,16,17). The molecule has 0 spiro atoms. The number of furan rings is 1. The van der Waals surface area contributed by atoms with Crippen LogP contribution in [0, 0.1) is 0 Å². The third kappa shape index (κ3) is 1.88. The van der Waals surface area contributed by atoms with E-state index in [2.05, 4.69) is 10.3 Å². The summed E-state index contributed by atoms with van der Waals surface area (Å²) < 4.78 is 4.95. The predicted molar refractivity (Wildman–Crippen MR) is 68.2 cm³/mol. The molecule has 0 bridgehead atoms. The summed E-state index contributed by atoms with van der Waals surface area (Å²) in [5, 5.41) is 3.80. The second-order valence-corrected chi connectivity index (χ2v) is 4.06. The lowest BCUT2D eigenvalue weighted by atomic mass is 10.1. The Morgan fingerprint density at radius 2 is 2.22 bits per heavy atom. The lowest BCUT2D eigenvalue weighted by Crippen LogP contribution is -2.22. The molecule has 2 N–H and O–H groups in total. The van der Waals surface area contributed by atoms with Gasteiger partial charge in [0.25, 0.3) is 5.91 Å². The fourth-order valence-electron chi connectivity index (χ4n) is 1.95. The number of rotatable bonds is 3. The lowest BCUT2D eigenvalue weighted by molar-refractivity contribution is 0.0952. The molecule has 18 heavy (non-hydrogen) atoms. The van der Waals surface area contributed by atoms with E-state index in [4.69, 9.17) is 4.42 Å². The van der Waals surface area contributed by atoms with Crippen LogP contribution in [0.4, 0.5) is 0 Å². The molecule has 4 nitrogen and oxygen atoms in total. The number of aromatic nitrogens is 1. The van der Waals surface area contributed by atoms with Gasteiger partial charge in [-0.05, 0) is 24.3 Å². The number of carbonyl (C=O) groups is 1. The molecule has 0 aliphatic rings. The van der Waals surface area contributed by atoms with Gasteiger partial charge in [0.15, 0.2) is 0 Å². The zero-order valence-corrected chi connectivity index (χ0v) is 9.64. The quantitative estimate of drug-likeness (QED) is 0.739. The Kier molecular flexibility index (Phi) is 2.61. The van der Waals surface area contributed by atoms with Crippen LogP contribution in [0.1, 0.15) is 15.9 Å². The maximum Gasteiger partial charge on any atom is 0.252 e. The van der Waals surface area contributed by atoms with Gasteiger partial charge in [-0.3, -0.25) is 4.79 Å². The van der Waals surface area contributed by atoms with Gasteiger partial charge < -0.3 is 14.7 Å². The average molecular weight is 240 g/mol. The summed E-state index contributed by atoms with van der Waals surface area (Å²) in [5.74, 6) is -0.0820. The van der Waals surface area contributed by atoms with Crippen molar-refractivity contribution in [1.29, 1.82) is 0 Å². The number of H-pyrrole nitrogens is 1. The van der Waals surface area contributed by atoms with E-state index < -0.39 is 0 Å². The number of nitrogens with one attached hydrogen (secondary N) is 2. The SMILES string of the molecule is O=C(NCc1ccoc1)c1cccc2[nH]ccc12. The first-order chi connectivity index (χ1) is 8.84. The molecule has 0 aliphatic heterocycles. The minimum absolute atomic E-state index is 0.0820. The summed E-state index contributed by atoms with van der Waals surface area (Å²) in [6.45, 7) is 0.468. The van der Waals surface area contributed by atoms with E-state index in [1.807, 2.05) is 36.5 Å². The van der Waals surface area contributed by atoms with Crippen molar-refractivity contribution in [2.24, 2.45) is 0 Å². The smallest absolute Gasteiger partial charge is 0.252 e. The van der Waals surface area contributed by atoms with Crippen molar-refractivity contribution in [2.75, 3.05) is 0 Å². The van der Waals surface area contributed by atoms with Gasteiger partial charge in [0.1, 0.15) is 0 Å². The van der Waals surface area contributed by atoms with Gasteiger partial charge >= 0.3 is 0 Å². The van der Waals surface area contributed by atoms with Gasteiger partial charge in [0.05, 0.1) is 12.5 Å². The molecular formula is C14H12N2O2. The van der Waals surface area contributed by atoms with Crippen molar-refractivity contribution >= 4 is 16.8 Å². The molecule has 4 heteroatoms. The number of benzene rings is 1. The molecule has 0 radical (unpaired) electrons. The number of hydrogen-bond acceptors (Lipinski definition) is 2. The van der Waals surface area contributed by atoms with Crippen molar-refractivity contribution in [3.63, 3.8) is 0 Å². The van der Waals surface area contributed by atoms with Crippen LogP contribution in [-0.4, -0.2) is 10.9 Å². The van der Waals surface area contributed by atoms with Crippen LogP contribution in [0.15, 0.2) is 53.5 Å². The molecule has 3 aromatic rings. The number of amides is 1. The largest absolute Gasteiger partial charge is 0.472 e. The maximum absolute atomic E-state index is 12.1. The van der Waals surface area contributed by atoms with Crippen LogP contribution in [0.2, 0.25) is 0 Å². The van der Waals surface area contributed by atoms with E-state index in [1.165, 1.54) is 0 Å². The highest BCUT2D eigenvalue weighted by atomic mass is 16.3. The first-order valence-electron chi connectivity index (χ1n) is 5.70. The number of fused-ring (bicyclic) bond motifs is 1. The zero-order chi connectivity index (χ0) is 12.4. The zero-order valence-electron chi connectivity index (χ0n) is 9.64. The Labute approximate surface area is 104 Å². The summed E-state index contributed by atoms with van der Waals surface area (Å²) in [6.07, 6.45) is 5.04. The van der Waals surface area contributed by atoms with E-state index in [0.29, 0.717) is 12.1 Å². The molecular weight excluding hydrogens is 228 g/mol. The van der Waals surface area contributed by atoms with Crippen LogP contribution in [0.3, 0.4) is 0 Å². The Morgan fingerprint density at radius 3 is 3.06 bits per heavy atom. The molecule has 0 atom stereocenters. The Morgan fingerprint density at radius 1 is 1.28 bits per heavy atom. The van der Waals surface area contributed by atoms with Crippen LogP contribution >= 0.6 is 0 Å². The van der Waals surface area contributed by atoms with Crippen molar-refractivity contribution in [2.45, 2.75) is 6.54 Å². The molecule has 0 unspecified atom stereocenters. The highest BCUT2D eigenvalue weighted by Gasteiger charge is 2.09. The summed E-state index contributed by atoms with van der Waals surface area (Å²) in [5.41, 5.74) is 2.59. The fourth-order valence-corrected chi connectivity index (χ4v) is 1.95. The monoisotopic (exact) mass is 240 g/mol. The van der Waals surface area contributed by atoms with Gasteiger partial charge in [0.2, 0.25) is 0 Å². The van der Waals surface area contributed by atoms with E-state index in [0.717, 1.165) is 16.5 Å². The van der Waals surface area contributed by atoms with Crippen LogP contribution in [0.25, 0.3) is 10.9 Å². The summed E-state index contributed by atoms with van der Waals surface area (Å²) in [6, 6.07) is 9.37. The third-order valence-electron chi connectivity index (χ3n) is 2.87. The van der Waals surface area contributed by atoms with Gasteiger partial charge in [-0.1, -0.05) is 6.07 Å². The third-order valence-corrected chi connectivity index (χ3v) is 2.87. The molecule has 1 aromatic carbocycles. The fraction of sp³-hybridized carbons (Fsp3) is 0.0714. The van der Waals surface area contributed by atoms with Gasteiger partial charge in [-0.25, -0.2) is 0 Å². The number of hydrogen-bond donors (Lipinski definition) is 2. The minimum Gasteiger partial charge on any atom is -0.472 e. The highest BCUT2D eigenvalue weighted by molar-refractivity contribution is 6.06. The Hall–Kier alpha value is -2.49. The second-order valence-electron chi connectivity index (χ2n) is 4.06. The molecule has 0 saturated heterocycles. The molecule has 0 fully saturated rings. The Bertz CT molecular complexity index is 668. The van der Waals surface area contributed by atoms with Gasteiger partial charge in [0, 0.05) is 34.8 Å². The molecule has 2 aromatic heterocycles. The molecule has 90 valence electrons. The van der Waals surface area contributed by atoms with Crippen molar-refractivity contribution in [1.82, 2.24) is 10.3 Å². The van der Waals surface area contributed by atoms with Crippen molar-refractivity contribution < 1.29 is 9.21 Å². The molecule has 0 saturated carbocycles. The molecule has 2 heterocycles. The van der Waals surface area contributed by atoms with Gasteiger partial charge in [-0.15, -0.1) is 0 Å². The van der Waals surface area contributed by atoms with Crippen LogP contribution in [-0.2, 0) is 6.54 Å². The lowest BCUT2D eigenvalue weighted by Gasteiger charge is -2.04. The predicted octanol–water partition coefficient (Wildman–Crippen LogP) is 2.69. The summed E-state index contributed by atoms with van der Waals surface area (Å²) >= 11 is 0. The number of carbonyl (C=O) groups excluding carboxylic acids is 1. The summed E-state index contributed by atoms with van der Waals surface area (Å²) in [4.78, 5) is 15.2. The highest BCUT2D eigenvalue weighted by Crippen LogP contribution is 2.17. The van der Waals surface area contributed by atoms with Crippen molar-refractivity contribution in [3.05, 3.63) is 60.2 Å². The topological polar surface area (TPSA) is 58.0 Å². The molecule has 3 rings (SSSR count). The average Bonchev–Trinajstić information content (AvgIpc) is 3.05. The van der Waals surface area contributed by atoms with E-state index in [1.54, 1.807) is 12.5 Å². The van der Waals surface area contributed by atoms with Crippen LogP contribution in [0.5, 0.6) is 0 Å². The molecule has 1 amide bonds. The van der Waals surface area contributed by atoms with Gasteiger partial charge in [-0.2, -0.15) is 0 Å². The maximum atomic E-state index is 12.1. The number of aromatic amines is 1. The first-order valence-corrected chi connectivity index (χ1v) is 5.70. The molecule has 0 aliphatic carbocycles. The van der Waals surface area contributed by atoms with Crippen molar-refractivity contribution in [3.8, 4) is 0 Å². The van der Waals surface area contributed by atoms with E-state index in [9.17, 15) is 4.79 Å². The van der Waals surface area contributed by atoms with E-state index >= 15 is 0 Å². The minimum atomic E-state index is -0.0820.